The summed E-state index contributed by atoms with van der Waals surface area (Å²) in [7, 11) is 0. The zero-order valence-corrected chi connectivity index (χ0v) is 10.6. The van der Waals surface area contributed by atoms with Gasteiger partial charge in [-0.25, -0.2) is 4.79 Å². The molecule has 4 heteroatoms. The lowest BCUT2D eigenvalue weighted by Gasteiger charge is -2.41. The summed E-state index contributed by atoms with van der Waals surface area (Å²) in [5.74, 6) is 0.186. The summed E-state index contributed by atoms with van der Waals surface area (Å²) in [5, 5.41) is 9.02. The molecule has 0 heterocycles. The van der Waals surface area contributed by atoms with Crippen LogP contribution in [-0.4, -0.2) is 11.3 Å². The zero-order valence-electron chi connectivity index (χ0n) is 10.6. The van der Waals surface area contributed by atoms with Gasteiger partial charge < -0.3 is 15.6 Å². The summed E-state index contributed by atoms with van der Waals surface area (Å²) < 4.78 is 5.29. The first-order valence-corrected chi connectivity index (χ1v) is 6.32. The highest BCUT2D eigenvalue weighted by atomic mass is 16.7. The fourth-order valence-corrected chi connectivity index (χ4v) is 2.88. The molecule has 1 saturated carbocycles. The quantitative estimate of drug-likeness (QED) is 0.622. The molecule has 2 rings (SSSR count). The van der Waals surface area contributed by atoms with Crippen LogP contribution in [0.2, 0.25) is 0 Å². The number of ether oxygens (including phenoxy) is 1. The van der Waals surface area contributed by atoms with Gasteiger partial charge in [0, 0.05) is 11.6 Å². The topological polar surface area (TPSA) is 72.5 Å². The highest BCUT2D eigenvalue weighted by molar-refractivity contribution is 5.58. The van der Waals surface area contributed by atoms with Crippen LogP contribution < -0.4 is 5.73 Å². The minimum atomic E-state index is -1.21. The van der Waals surface area contributed by atoms with Crippen LogP contribution in [-0.2, 0) is 10.3 Å². The monoisotopic (exact) mass is 249 g/mol. The van der Waals surface area contributed by atoms with Gasteiger partial charge in [0.15, 0.2) is 0 Å². The van der Waals surface area contributed by atoms with E-state index < -0.39 is 11.8 Å². The third-order valence-corrected chi connectivity index (χ3v) is 3.90. The van der Waals surface area contributed by atoms with Crippen molar-refractivity contribution in [1.82, 2.24) is 0 Å². The van der Waals surface area contributed by atoms with Crippen LogP contribution in [0.1, 0.15) is 38.2 Å². The van der Waals surface area contributed by atoms with Crippen molar-refractivity contribution in [3.05, 3.63) is 29.8 Å². The number of carbonyl (C=O) groups is 1. The van der Waals surface area contributed by atoms with Gasteiger partial charge in [-0.2, -0.15) is 0 Å². The summed E-state index contributed by atoms with van der Waals surface area (Å²) in [6, 6.07) is 7.34. The Bertz CT molecular complexity index is 429. The molecule has 0 radical (unpaired) electrons. The largest absolute Gasteiger partial charge is 0.506 e. The molecule has 3 N–H and O–H groups in total. The van der Waals surface area contributed by atoms with E-state index in [0.717, 1.165) is 31.2 Å². The number of benzene rings is 1. The van der Waals surface area contributed by atoms with Gasteiger partial charge in [-0.15, -0.1) is 0 Å². The SMILES string of the molecule is CC1CCCCC1(OC(=O)O)c1ccc(N)cc1. The molecule has 0 saturated heterocycles. The van der Waals surface area contributed by atoms with Crippen molar-refractivity contribution >= 4 is 11.8 Å². The molecular formula is C14H19NO3. The zero-order chi connectivity index (χ0) is 13.2. The lowest BCUT2D eigenvalue weighted by molar-refractivity contribution is -0.0790. The molecule has 0 aliphatic heterocycles. The van der Waals surface area contributed by atoms with Crippen molar-refractivity contribution in [3.8, 4) is 0 Å². The molecule has 1 aromatic rings. The van der Waals surface area contributed by atoms with Crippen molar-refractivity contribution in [2.75, 3.05) is 5.73 Å². The normalized spacial score (nSPS) is 27.7. The first kappa shape index (κ1) is 12.7. The average molecular weight is 249 g/mol. The van der Waals surface area contributed by atoms with E-state index in [1.807, 2.05) is 12.1 Å². The number of carboxylic acid groups (broad SMARTS) is 1. The van der Waals surface area contributed by atoms with Crippen LogP contribution in [0.15, 0.2) is 24.3 Å². The van der Waals surface area contributed by atoms with Crippen molar-refractivity contribution in [1.29, 1.82) is 0 Å². The van der Waals surface area contributed by atoms with E-state index >= 15 is 0 Å². The van der Waals surface area contributed by atoms with Crippen LogP contribution in [0.25, 0.3) is 0 Å². The predicted molar refractivity (Wildman–Crippen MR) is 69.3 cm³/mol. The highest BCUT2D eigenvalue weighted by Gasteiger charge is 2.43. The van der Waals surface area contributed by atoms with E-state index in [-0.39, 0.29) is 5.92 Å². The summed E-state index contributed by atoms with van der Waals surface area (Å²) in [5.41, 5.74) is 6.55. The standard InChI is InChI=1S/C14H19NO3/c1-10-4-2-3-9-14(10,18-13(16)17)11-5-7-12(15)8-6-11/h5-8,10H,2-4,9,15H2,1H3,(H,16,17). The van der Waals surface area contributed by atoms with Crippen LogP contribution in [0.3, 0.4) is 0 Å². The van der Waals surface area contributed by atoms with E-state index in [2.05, 4.69) is 6.92 Å². The Labute approximate surface area is 107 Å². The number of anilines is 1. The van der Waals surface area contributed by atoms with Crippen molar-refractivity contribution in [2.45, 2.75) is 38.2 Å². The van der Waals surface area contributed by atoms with Gasteiger partial charge in [0.05, 0.1) is 0 Å². The molecule has 0 bridgehead atoms. The molecule has 98 valence electrons. The Hall–Kier alpha value is -1.71. The molecule has 1 aromatic carbocycles. The molecule has 2 unspecified atom stereocenters. The maximum atomic E-state index is 11.0. The van der Waals surface area contributed by atoms with Gasteiger partial charge in [-0.05, 0) is 37.0 Å². The van der Waals surface area contributed by atoms with Gasteiger partial charge in [-0.1, -0.05) is 25.5 Å². The average Bonchev–Trinajstić information content (AvgIpc) is 2.32. The fourth-order valence-electron chi connectivity index (χ4n) is 2.88. The molecule has 0 spiro atoms. The highest BCUT2D eigenvalue weighted by Crippen LogP contribution is 2.44. The number of nitrogens with two attached hydrogens (primary N) is 1. The Morgan fingerprint density at radius 1 is 1.39 bits per heavy atom. The second-order valence-electron chi connectivity index (χ2n) is 5.03. The van der Waals surface area contributed by atoms with Crippen LogP contribution in [0, 0.1) is 5.92 Å². The van der Waals surface area contributed by atoms with E-state index in [0.29, 0.717) is 5.69 Å². The molecule has 1 fully saturated rings. The van der Waals surface area contributed by atoms with E-state index in [9.17, 15) is 4.79 Å². The predicted octanol–water partition coefficient (Wildman–Crippen LogP) is 3.37. The maximum absolute atomic E-state index is 11.0. The minimum Gasteiger partial charge on any atom is -0.450 e. The van der Waals surface area contributed by atoms with Crippen molar-refractivity contribution in [2.24, 2.45) is 5.92 Å². The summed E-state index contributed by atoms with van der Waals surface area (Å²) in [6.07, 6.45) is 2.63. The molecule has 0 aromatic heterocycles. The number of hydrogen-bond acceptors (Lipinski definition) is 3. The van der Waals surface area contributed by atoms with Gasteiger partial charge >= 0.3 is 6.16 Å². The summed E-state index contributed by atoms with van der Waals surface area (Å²) in [6.45, 7) is 2.05. The van der Waals surface area contributed by atoms with E-state index in [1.165, 1.54) is 0 Å². The van der Waals surface area contributed by atoms with Gasteiger partial charge in [0.2, 0.25) is 0 Å². The van der Waals surface area contributed by atoms with Crippen LogP contribution in [0.5, 0.6) is 0 Å². The minimum absolute atomic E-state index is 0.186. The maximum Gasteiger partial charge on any atom is 0.506 e. The van der Waals surface area contributed by atoms with E-state index in [1.54, 1.807) is 12.1 Å². The van der Waals surface area contributed by atoms with Crippen molar-refractivity contribution in [3.63, 3.8) is 0 Å². The molecule has 0 amide bonds. The Balaban J connectivity index is 2.40. The lowest BCUT2D eigenvalue weighted by Crippen LogP contribution is -2.40. The van der Waals surface area contributed by atoms with Crippen LogP contribution >= 0.6 is 0 Å². The Kier molecular flexibility index (Phi) is 3.45. The second-order valence-corrected chi connectivity index (χ2v) is 5.03. The third kappa shape index (κ3) is 2.28. The fraction of sp³-hybridized carbons (Fsp3) is 0.500. The summed E-state index contributed by atoms with van der Waals surface area (Å²) >= 11 is 0. The first-order chi connectivity index (χ1) is 8.54. The lowest BCUT2D eigenvalue weighted by atomic mass is 9.72. The number of hydrogen-bond donors (Lipinski definition) is 2. The molecular weight excluding hydrogens is 230 g/mol. The second kappa shape index (κ2) is 4.88. The van der Waals surface area contributed by atoms with Gasteiger partial charge in [0.1, 0.15) is 5.60 Å². The molecule has 4 nitrogen and oxygen atoms in total. The van der Waals surface area contributed by atoms with Gasteiger partial charge in [0.25, 0.3) is 0 Å². The summed E-state index contributed by atoms with van der Waals surface area (Å²) in [4.78, 5) is 11.0. The first-order valence-electron chi connectivity index (χ1n) is 6.32. The van der Waals surface area contributed by atoms with Crippen molar-refractivity contribution < 1.29 is 14.6 Å². The third-order valence-electron chi connectivity index (χ3n) is 3.90. The number of nitrogen functional groups attached to an aromatic ring is 1. The molecule has 1 aliphatic rings. The van der Waals surface area contributed by atoms with Crippen LogP contribution in [0.4, 0.5) is 10.5 Å². The van der Waals surface area contributed by atoms with Gasteiger partial charge in [-0.3, -0.25) is 0 Å². The molecule has 18 heavy (non-hydrogen) atoms. The molecule has 1 aliphatic carbocycles. The number of rotatable bonds is 2. The molecule has 2 atom stereocenters. The van der Waals surface area contributed by atoms with E-state index in [4.69, 9.17) is 15.6 Å². The Morgan fingerprint density at radius 3 is 2.61 bits per heavy atom. The smallest absolute Gasteiger partial charge is 0.450 e. The Morgan fingerprint density at radius 2 is 2.06 bits per heavy atom.